The molecule has 1 fully saturated rings. The van der Waals surface area contributed by atoms with Gasteiger partial charge in [-0.25, -0.2) is 4.39 Å². The highest BCUT2D eigenvalue weighted by molar-refractivity contribution is 6.00. The van der Waals surface area contributed by atoms with Crippen LogP contribution >= 0.6 is 0 Å². The van der Waals surface area contributed by atoms with Crippen LogP contribution in [0.15, 0.2) is 18.2 Å². The van der Waals surface area contributed by atoms with Crippen molar-refractivity contribution >= 4 is 5.78 Å². The van der Waals surface area contributed by atoms with Crippen LogP contribution in [0.4, 0.5) is 4.39 Å². The minimum Gasteiger partial charge on any atom is -0.496 e. The van der Waals surface area contributed by atoms with E-state index in [-0.39, 0.29) is 11.7 Å². The second-order valence-electron chi connectivity index (χ2n) is 3.90. The third-order valence-electron chi connectivity index (χ3n) is 2.86. The third-order valence-corrected chi connectivity index (χ3v) is 2.86. The average Bonchev–Trinajstić information content (AvgIpc) is 2.81. The van der Waals surface area contributed by atoms with Gasteiger partial charge in [-0.3, -0.25) is 4.79 Å². The fourth-order valence-electron chi connectivity index (χ4n) is 1.97. The lowest BCUT2D eigenvalue weighted by Gasteiger charge is -2.11. The number of benzene rings is 1. The predicted molar refractivity (Wildman–Crippen MR) is 58.3 cm³/mol. The lowest BCUT2D eigenvalue weighted by atomic mass is 9.96. The number of hydrogen-bond acceptors (Lipinski definition) is 3. The highest BCUT2D eigenvalue weighted by Gasteiger charge is 2.26. The van der Waals surface area contributed by atoms with E-state index in [4.69, 9.17) is 4.74 Å². The molecule has 1 aromatic carbocycles. The van der Waals surface area contributed by atoms with Crippen LogP contribution in [0.5, 0.6) is 5.75 Å². The summed E-state index contributed by atoms with van der Waals surface area (Å²) in [7, 11) is 1.48. The maximum atomic E-state index is 13.1. The zero-order valence-electron chi connectivity index (χ0n) is 9.13. The van der Waals surface area contributed by atoms with Gasteiger partial charge in [0.1, 0.15) is 11.6 Å². The first-order valence-corrected chi connectivity index (χ1v) is 5.31. The van der Waals surface area contributed by atoms with E-state index in [1.807, 2.05) is 0 Å². The molecular weight excluding hydrogens is 209 g/mol. The Balaban J connectivity index is 2.30. The molecule has 1 atom stereocenters. The number of carbonyl (C=O) groups is 1. The van der Waals surface area contributed by atoms with E-state index in [1.165, 1.54) is 25.3 Å². The Morgan fingerprint density at radius 3 is 3.00 bits per heavy atom. The zero-order chi connectivity index (χ0) is 11.5. The minimum absolute atomic E-state index is 0.0404. The molecule has 0 amide bonds. The molecule has 86 valence electrons. The Labute approximate surface area is 93.6 Å². The van der Waals surface area contributed by atoms with Crippen molar-refractivity contribution in [1.29, 1.82) is 0 Å². The lowest BCUT2D eigenvalue weighted by molar-refractivity contribution is 0.0927. The van der Waals surface area contributed by atoms with Gasteiger partial charge in [0.15, 0.2) is 5.78 Å². The Hall–Kier alpha value is -1.42. The van der Waals surface area contributed by atoms with Crippen LogP contribution in [0.25, 0.3) is 0 Å². The molecule has 1 saturated heterocycles. The van der Waals surface area contributed by atoms with Gasteiger partial charge < -0.3 is 10.1 Å². The molecular formula is C12H14FNO2. The normalized spacial score (nSPS) is 19.8. The summed E-state index contributed by atoms with van der Waals surface area (Å²) in [5.41, 5.74) is 0.344. The third kappa shape index (κ3) is 2.07. The summed E-state index contributed by atoms with van der Waals surface area (Å²) in [6.45, 7) is 1.51. The molecule has 1 unspecified atom stereocenters. The standard InChI is InChI=1S/C12H14FNO2/c1-16-11-3-2-9(13)6-10(11)12(15)8-4-5-14-7-8/h2-3,6,8,14H,4-5,7H2,1H3. The highest BCUT2D eigenvalue weighted by Crippen LogP contribution is 2.24. The van der Waals surface area contributed by atoms with E-state index < -0.39 is 5.82 Å². The predicted octanol–water partition coefficient (Wildman–Crippen LogP) is 1.63. The molecule has 0 spiro atoms. The molecule has 1 heterocycles. The summed E-state index contributed by atoms with van der Waals surface area (Å²) in [4.78, 5) is 12.1. The first kappa shape index (κ1) is 11.1. The molecule has 1 N–H and O–H groups in total. The van der Waals surface area contributed by atoms with Crippen molar-refractivity contribution in [2.45, 2.75) is 6.42 Å². The minimum atomic E-state index is -0.407. The molecule has 3 nitrogen and oxygen atoms in total. The van der Waals surface area contributed by atoms with Crippen LogP contribution in [0.2, 0.25) is 0 Å². The topological polar surface area (TPSA) is 38.3 Å². The van der Waals surface area contributed by atoms with Gasteiger partial charge in [-0.05, 0) is 31.2 Å². The zero-order valence-corrected chi connectivity index (χ0v) is 9.13. The fraction of sp³-hybridized carbons (Fsp3) is 0.417. The molecule has 0 aromatic heterocycles. The number of ketones is 1. The maximum absolute atomic E-state index is 13.1. The Morgan fingerprint density at radius 2 is 2.38 bits per heavy atom. The van der Waals surface area contributed by atoms with Crippen LogP contribution in [-0.2, 0) is 0 Å². The number of rotatable bonds is 3. The Kier molecular flexibility index (Phi) is 3.19. The Morgan fingerprint density at radius 1 is 1.56 bits per heavy atom. The second-order valence-corrected chi connectivity index (χ2v) is 3.90. The van der Waals surface area contributed by atoms with Gasteiger partial charge in [0, 0.05) is 12.5 Å². The quantitative estimate of drug-likeness (QED) is 0.791. The van der Waals surface area contributed by atoms with Crippen molar-refractivity contribution < 1.29 is 13.9 Å². The highest BCUT2D eigenvalue weighted by atomic mass is 19.1. The number of methoxy groups -OCH3 is 1. The molecule has 1 aliphatic heterocycles. The van der Waals surface area contributed by atoms with E-state index >= 15 is 0 Å². The largest absolute Gasteiger partial charge is 0.496 e. The smallest absolute Gasteiger partial charge is 0.171 e. The number of nitrogens with one attached hydrogen (secondary N) is 1. The molecule has 1 aromatic rings. The first-order chi connectivity index (χ1) is 7.72. The van der Waals surface area contributed by atoms with Crippen molar-refractivity contribution in [3.05, 3.63) is 29.6 Å². The van der Waals surface area contributed by atoms with E-state index in [1.54, 1.807) is 0 Å². The second kappa shape index (κ2) is 4.61. The summed E-state index contributed by atoms with van der Waals surface area (Å²) >= 11 is 0. The van der Waals surface area contributed by atoms with E-state index in [9.17, 15) is 9.18 Å². The number of halogens is 1. The number of Topliss-reactive ketones (excluding diaryl/α,β-unsaturated/α-hetero) is 1. The average molecular weight is 223 g/mol. The summed E-state index contributed by atoms with van der Waals surface area (Å²) in [6.07, 6.45) is 0.804. The van der Waals surface area contributed by atoms with Crippen molar-refractivity contribution in [3.63, 3.8) is 0 Å². The molecule has 0 aliphatic carbocycles. The summed E-state index contributed by atoms with van der Waals surface area (Å²) in [5.74, 6) is -0.0644. The molecule has 0 radical (unpaired) electrons. The number of hydrogen-bond donors (Lipinski definition) is 1. The monoisotopic (exact) mass is 223 g/mol. The van der Waals surface area contributed by atoms with Crippen LogP contribution in [-0.4, -0.2) is 26.0 Å². The molecule has 0 bridgehead atoms. The van der Waals surface area contributed by atoms with Crippen molar-refractivity contribution in [2.24, 2.45) is 5.92 Å². The molecule has 1 aliphatic rings. The van der Waals surface area contributed by atoms with Gasteiger partial charge in [0.2, 0.25) is 0 Å². The molecule has 16 heavy (non-hydrogen) atoms. The fourth-order valence-corrected chi connectivity index (χ4v) is 1.97. The van der Waals surface area contributed by atoms with Gasteiger partial charge in [-0.2, -0.15) is 0 Å². The van der Waals surface area contributed by atoms with Gasteiger partial charge in [-0.1, -0.05) is 0 Å². The van der Waals surface area contributed by atoms with Crippen LogP contribution in [0.3, 0.4) is 0 Å². The van der Waals surface area contributed by atoms with Gasteiger partial charge in [0.25, 0.3) is 0 Å². The van der Waals surface area contributed by atoms with Gasteiger partial charge >= 0.3 is 0 Å². The lowest BCUT2D eigenvalue weighted by Crippen LogP contribution is -2.18. The van der Waals surface area contributed by atoms with E-state index in [2.05, 4.69) is 5.32 Å². The SMILES string of the molecule is COc1ccc(F)cc1C(=O)C1CCNC1. The number of carbonyl (C=O) groups excluding carboxylic acids is 1. The van der Waals surface area contributed by atoms with Crippen LogP contribution in [0, 0.1) is 11.7 Å². The summed E-state index contributed by atoms with van der Waals surface area (Å²) in [6, 6.07) is 4.03. The van der Waals surface area contributed by atoms with Crippen molar-refractivity contribution in [1.82, 2.24) is 5.32 Å². The van der Waals surface area contributed by atoms with Gasteiger partial charge in [-0.15, -0.1) is 0 Å². The van der Waals surface area contributed by atoms with Gasteiger partial charge in [0.05, 0.1) is 12.7 Å². The summed E-state index contributed by atoms with van der Waals surface area (Å²) < 4.78 is 18.2. The van der Waals surface area contributed by atoms with Crippen molar-refractivity contribution in [2.75, 3.05) is 20.2 Å². The number of ether oxygens (including phenoxy) is 1. The van der Waals surface area contributed by atoms with Crippen LogP contribution < -0.4 is 10.1 Å². The first-order valence-electron chi connectivity index (χ1n) is 5.31. The summed E-state index contributed by atoms with van der Waals surface area (Å²) in [5, 5.41) is 3.12. The molecule has 0 saturated carbocycles. The van der Waals surface area contributed by atoms with E-state index in [0.29, 0.717) is 17.9 Å². The molecule has 2 rings (SSSR count). The van der Waals surface area contributed by atoms with Crippen molar-refractivity contribution in [3.8, 4) is 5.75 Å². The van der Waals surface area contributed by atoms with E-state index in [0.717, 1.165) is 13.0 Å². The maximum Gasteiger partial charge on any atom is 0.171 e. The van der Waals surface area contributed by atoms with Crippen LogP contribution in [0.1, 0.15) is 16.8 Å². The Bertz CT molecular complexity index is 400. The molecule has 4 heteroatoms.